The van der Waals surface area contributed by atoms with Crippen molar-refractivity contribution in [1.82, 2.24) is 14.9 Å². The number of aromatic nitrogens is 2. The second kappa shape index (κ2) is 9.70. The smallest absolute Gasteiger partial charge is 0.227 e. The number of ether oxygens (including phenoxy) is 2. The number of hydrogen-bond acceptors (Lipinski definition) is 7. The van der Waals surface area contributed by atoms with Crippen LogP contribution in [0.1, 0.15) is 19.4 Å². The standard InChI is InChI=1S/C26H27F4N5O2/c1-15(2)34-11-26(12-34)13-35(14-26)21-5-4-16(6-22(21)36-3)33-25-31-8-17(9-32-25)37-10-18-23(29)19(27)7-20(28)24(18)30/h4-9,15H,10-14H2,1-3H3,(H,31,32,33). The van der Waals surface area contributed by atoms with Gasteiger partial charge in [0.05, 0.1) is 30.8 Å². The zero-order valence-electron chi connectivity index (χ0n) is 20.7. The molecule has 0 saturated carbocycles. The number of halogens is 4. The van der Waals surface area contributed by atoms with Crippen LogP contribution in [0.5, 0.6) is 11.5 Å². The number of nitrogens with zero attached hydrogens (tertiary/aromatic N) is 4. The molecule has 0 aliphatic carbocycles. The van der Waals surface area contributed by atoms with Crippen molar-refractivity contribution in [2.75, 3.05) is 43.5 Å². The second-order valence-electron chi connectivity index (χ2n) is 9.84. The van der Waals surface area contributed by atoms with E-state index in [1.165, 1.54) is 12.4 Å². The van der Waals surface area contributed by atoms with E-state index in [4.69, 9.17) is 9.47 Å². The Morgan fingerprint density at radius 3 is 2.22 bits per heavy atom. The van der Waals surface area contributed by atoms with Gasteiger partial charge in [-0.05, 0) is 26.0 Å². The fraction of sp³-hybridized carbons (Fsp3) is 0.385. The molecule has 3 aromatic rings. The molecule has 3 heterocycles. The molecule has 2 fully saturated rings. The van der Waals surface area contributed by atoms with Crippen LogP contribution in [0, 0.1) is 28.7 Å². The lowest BCUT2D eigenvalue weighted by Crippen LogP contribution is -2.73. The van der Waals surface area contributed by atoms with Gasteiger partial charge in [-0.1, -0.05) is 0 Å². The molecule has 0 bridgehead atoms. The van der Waals surface area contributed by atoms with Crippen molar-refractivity contribution in [1.29, 1.82) is 0 Å². The van der Waals surface area contributed by atoms with Crippen LogP contribution in [-0.4, -0.2) is 54.2 Å². The Balaban J connectivity index is 1.19. The molecule has 0 radical (unpaired) electrons. The molecule has 196 valence electrons. The molecule has 0 unspecified atom stereocenters. The maximum atomic E-state index is 13.8. The van der Waals surface area contributed by atoms with Crippen LogP contribution in [0.2, 0.25) is 0 Å². The number of likely N-dealkylation sites (tertiary alicyclic amines) is 1. The molecule has 1 spiro atoms. The highest BCUT2D eigenvalue weighted by Gasteiger charge is 2.52. The van der Waals surface area contributed by atoms with E-state index in [0.717, 1.165) is 37.6 Å². The van der Waals surface area contributed by atoms with Crippen LogP contribution in [0.15, 0.2) is 36.7 Å². The Hall–Kier alpha value is -3.60. The van der Waals surface area contributed by atoms with Gasteiger partial charge >= 0.3 is 0 Å². The van der Waals surface area contributed by atoms with Gasteiger partial charge in [-0.25, -0.2) is 27.5 Å². The van der Waals surface area contributed by atoms with Crippen molar-refractivity contribution in [3.05, 3.63) is 65.5 Å². The molecule has 11 heteroatoms. The van der Waals surface area contributed by atoms with Gasteiger partial charge in [-0.15, -0.1) is 0 Å². The summed E-state index contributed by atoms with van der Waals surface area (Å²) in [5.41, 5.74) is 1.26. The molecular formula is C26H27F4N5O2. The topological polar surface area (TPSA) is 62.8 Å². The predicted molar refractivity (Wildman–Crippen MR) is 130 cm³/mol. The first kappa shape index (κ1) is 25.1. The summed E-state index contributed by atoms with van der Waals surface area (Å²) in [5.74, 6) is -4.95. The van der Waals surface area contributed by atoms with E-state index in [0.29, 0.717) is 17.1 Å². The average molecular weight is 518 g/mol. The second-order valence-corrected chi connectivity index (χ2v) is 9.84. The molecule has 7 nitrogen and oxygen atoms in total. The minimum absolute atomic E-state index is 0.0701. The molecule has 2 aliphatic heterocycles. The molecule has 0 amide bonds. The van der Waals surface area contributed by atoms with E-state index in [1.54, 1.807) is 7.11 Å². The lowest BCUT2D eigenvalue weighted by Gasteiger charge is -2.62. The molecule has 0 atom stereocenters. The Morgan fingerprint density at radius 1 is 0.973 bits per heavy atom. The summed E-state index contributed by atoms with van der Waals surface area (Å²) in [6.45, 7) is 7.97. The largest absolute Gasteiger partial charge is 0.495 e. The highest BCUT2D eigenvalue weighted by atomic mass is 19.2. The Labute approximate surface area is 212 Å². The molecule has 1 aromatic heterocycles. The van der Waals surface area contributed by atoms with E-state index in [9.17, 15) is 17.6 Å². The zero-order valence-corrected chi connectivity index (χ0v) is 20.7. The first-order valence-electron chi connectivity index (χ1n) is 11.9. The van der Waals surface area contributed by atoms with Crippen LogP contribution < -0.4 is 19.7 Å². The van der Waals surface area contributed by atoms with E-state index >= 15 is 0 Å². The molecule has 2 aromatic carbocycles. The van der Waals surface area contributed by atoms with Crippen LogP contribution in [0.4, 0.5) is 34.9 Å². The van der Waals surface area contributed by atoms with Gasteiger partial charge < -0.3 is 19.7 Å². The average Bonchev–Trinajstić information content (AvgIpc) is 2.82. The third kappa shape index (κ3) is 4.87. The van der Waals surface area contributed by atoms with Gasteiger partial charge in [0.1, 0.15) is 12.4 Å². The summed E-state index contributed by atoms with van der Waals surface area (Å²) in [7, 11) is 1.63. The molecule has 37 heavy (non-hydrogen) atoms. The van der Waals surface area contributed by atoms with Crippen LogP contribution in [-0.2, 0) is 6.61 Å². The van der Waals surface area contributed by atoms with Crippen molar-refractivity contribution in [3.8, 4) is 11.5 Å². The fourth-order valence-electron chi connectivity index (χ4n) is 4.82. The molecule has 5 rings (SSSR count). The van der Waals surface area contributed by atoms with Gasteiger partial charge in [-0.2, -0.15) is 0 Å². The van der Waals surface area contributed by atoms with E-state index < -0.39 is 35.4 Å². The third-order valence-corrected chi connectivity index (χ3v) is 6.85. The monoisotopic (exact) mass is 517 g/mol. The quantitative estimate of drug-likeness (QED) is 0.337. The van der Waals surface area contributed by atoms with E-state index in [1.807, 2.05) is 18.2 Å². The molecular weight excluding hydrogens is 490 g/mol. The summed E-state index contributed by atoms with van der Waals surface area (Å²) < 4.78 is 65.2. The minimum Gasteiger partial charge on any atom is -0.495 e. The van der Waals surface area contributed by atoms with Crippen LogP contribution >= 0.6 is 0 Å². The van der Waals surface area contributed by atoms with E-state index in [2.05, 4.69) is 38.9 Å². The summed E-state index contributed by atoms with van der Waals surface area (Å²) in [4.78, 5) is 13.1. The number of hydrogen-bond donors (Lipinski definition) is 1. The third-order valence-electron chi connectivity index (χ3n) is 6.85. The SMILES string of the molecule is COc1cc(Nc2ncc(OCc3c(F)c(F)cc(F)c3F)cn2)ccc1N1CC2(C1)CN(C(C)C)C2. The van der Waals surface area contributed by atoms with Gasteiger partial charge in [0.25, 0.3) is 0 Å². The lowest BCUT2D eigenvalue weighted by molar-refractivity contribution is -0.0412. The van der Waals surface area contributed by atoms with Crippen molar-refractivity contribution in [2.24, 2.45) is 5.41 Å². The summed E-state index contributed by atoms with van der Waals surface area (Å²) in [6.07, 6.45) is 2.57. The van der Waals surface area contributed by atoms with Crippen molar-refractivity contribution >= 4 is 17.3 Å². The summed E-state index contributed by atoms with van der Waals surface area (Å²) in [6, 6.07) is 6.48. The first-order valence-corrected chi connectivity index (χ1v) is 11.9. The number of methoxy groups -OCH3 is 1. The zero-order chi connectivity index (χ0) is 26.3. The van der Waals surface area contributed by atoms with Crippen LogP contribution in [0.3, 0.4) is 0 Å². The lowest BCUT2D eigenvalue weighted by atomic mass is 9.72. The molecule has 2 saturated heterocycles. The normalized spacial score (nSPS) is 16.5. The van der Waals surface area contributed by atoms with Gasteiger partial charge in [-0.3, -0.25) is 4.90 Å². The summed E-state index contributed by atoms with van der Waals surface area (Å²) in [5, 5.41) is 3.07. The van der Waals surface area contributed by atoms with Gasteiger partial charge in [0, 0.05) is 55.5 Å². The van der Waals surface area contributed by atoms with Crippen molar-refractivity contribution in [2.45, 2.75) is 26.5 Å². The van der Waals surface area contributed by atoms with Crippen molar-refractivity contribution in [3.63, 3.8) is 0 Å². The first-order chi connectivity index (χ1) is 17.7. The molecule has 2 aliphatic rings. The number of benzene rings is 2. The van der Waals surface area contributed by atoms with Crippen molar-refractivity contribution < 1.29 is 27.0 Å². The highest BCUT2D eigenvalue weighted by molar-refractivity contribution is 5.68. The number of rotatable bonds is 8. The number of nitrogens with one attached hydrogen (secondary N) is 1. The van der Waals surface area contributed by atoms with Gasteiger partial charge in [0.2, 0.25) is 5.95 Å². The predicted octanol–water partition coefficient (Wildman–Crippen LogP) is 4.89. The Kier molecular flexibility index (Phi) is 6.57. The Morgan fingerprint density at radius 2 is 1.62 bits per heavy atom. The van der Waals surface area contributed by atoms with Crippen LogP contribution in [0.25, 0.3) is 0 Å². The fourth-order valence-corrected chi connectivity index (χ4v) is 4.82. The van der Waals surface area contributed by atoms with Gasteiger partial charge in [0.15, 0.2) is 29.0 Å². The maximum Gasteiger partial charge on any atom is 0.227 e. The summed E-state index contributed by atoms with van der Waals surface area (Å²) >= 11 is 0. The Bertz CT molecular complexity index is 1260. The molecule has 1 N–H and O–H groups in total. The maximum absolute atomic E-state index is 13.8. The van der Waals surface area contributed by atoms with E-state index in [-0.39, 0.29) is 17.8 Å². The number of anilines is 3. The minimum atomic E-state index is -1.51. The highest BCUT2D eigenvalue weighted by Crippen LogP contribution is 2.45.